The lowest BCUT2D eigenvalue weighted by Gasteiger charge is -1.95. The number of carbonyl (C=O) groups is 2. The van der Waals surface area contributed by atoms with E-state index in [0.29, 0.717) is 11.2 Å². The second-order valence-electron chi connectivity index (χ2n) is 4.06. The highest BCUT2D eigenvalue weighted by Crippen LogP contribution is 2.17. The average Bonchev–Trinajstić information content (AvgIpc) is 2.80. The van der Waals surface area contributed by atoms with Crippen molar-refractivity contribution in [3.8, 4) is 0 Å². The van der Waals surface area contributed by atoms with E-state index in [1.807, 2.05) is 18.2 Å². The zero-order valence-corrected chi connectivity index (χ0v) is 11.4. The Labute approximate surface area is 115 Å². The predicted molar refractivity (Wildman–Crippen MR) is 78.3 cm³/mol. The lowest BCUT2D eigenvalue weighted by atomic mass is 10.1. The van der Waals surface area contributed by atoms with Crippen molar-refractivity contribution < 1.29 is 9.59 Å². The molecule has 98 valence electrons. The molecule has 0 radical (unpaired) electrons. The summed E-state index contributed by atoms with van der Waals surface area (Å²) in [5.74, 6) is 0.783. The van der Waals surface area contributed by atoms with Gasteiger partial charge in [-0.1, -0.05) is 23.9 Å². The van der Waals surface area contributed by atoms with Gasteiger partial charge in [0.25, 0.3) is 0 Å². The minimum Gasteiger partial charge on any atom is -0.345 e. The first-order chi connectivity index (χ1) is 9.20. The maximum absolute atomic E-state index is 10.9. The van der Waals surface area contributed by atoms with Crippen molar-refractivity contribution in [2.24, 2.45) is 0 Å². The summed E-state index contributed by atoms with van der Waals surface area (Å²) in [6.45, 7) is 1.57. The Morgan fingerprint density at radius 3 is 3.11 bits per heavy atom. The minimum absolute atomic E-state index is 0.138. The number of hydrogen-bond acceptors (Lipinski definition) is 4. The molecule has 0 bridgehead atoms. The second kappa shape index (κ2) is 6.33. The summed E-state index contributed by atoms with van der Waals surface area (Å²) in [4.78, 5) is 28.8. The molecule has 0 spiro atoms. The molecule has 0 saturated carbocycles. The van der Waals surface area contributed by atoms with Gasteiger partial charge in [0.2, 0.25) is 0 Å². The molecule has 5 heteroatoms. The highest BCUT2D eigenvalue weighted by Gasteiger charge is 2.03. The fourth-order valence-electron chi connectivity index (χ4n) is 1.72. The molecule has 2 rings (SSSR count). The fraction of sp³-hybridized carbons (Fsp3) is 0.214. The smallest absolute Gasteiger partial charge is 0.185 e. The number of rotatable bonds is 5. The van der Waals surface area contributed by atoms with E-state index in [0.717, 1.165) is 29.4 Å². The van der Waals surface area contributed by atoms with Crippen molar-refractivity contribution in [3.05, 3.63) is 35.7 Å². The summed E-state index contributed by atoms with van der Waals surface area (Å²) >= 11 is 1.32. The Kier molecular flexibility index (Phi) is 4.52. The molecule has 0 aromatic carbocycles. The van der Waals surface area contributed by atoms with Crippen molar-refractivity contribution in [1.29, 1.82) is 0 Å². The van der Waals surface area contributed by atoms with Crippen LogP contribution in [0.4, 0.5) is 0 Å². The van der Waals surface area contributed by atoms with E-state index in [1.165, 1.54) is 11.8 Å². The SMILES string of the molecule is CC(=O)SCCC=Cc1cnc2[nH]cc(C=O)c2c1. The number of carbonyl (C=O) groups excluding carboxylic acids is 2. The third-order valence-corrected chi connectivity index (χ3v) is 3.46. The van der Waals surface area contributed by atoms with E-state index in [9.17, 15) is 9.59 Å². The monoisotopic (exact) mass is 274 g/mol. The summed E-state index contributed by atoms with van der Waals surface area (Å²) in [5, 5.41) is 0.967. The number of hydrogen-bond donors (Lipinski definition) is 1. The Bertz CT molecular complexity index is 631. The maximum Gasteiger partial charge on any atom is 0.185 e. The minimum atomic E-state index is 0.138. The molecular formula is C14H14N2O2S. The molecule has 0 aliphatic carbocycles. The quantitative estimate of drug-likeness (QED) is 0.672. The Balaban J connectivity index is 2.06. The van der Waals surface area contributed by atoms with Crippen LogP contribution < -0.4 is 0 Å². The number of nitrogens with zero attached hydrogens (tertiary/aromatic N) is 1. The van der Waals surface area contributed by atoms with E-state index in [-0.39, 0.29) is 5.12 Å². The van der Waals surface area contributed by atoms with Gasteiger partial charge in [0.15, 0.2) is 11.4 Å². The summed E-state index contributed by atoms with van der Waals surface area (Å²) in [6.07, 6.45) is 9.01. The largest absolute Gasteiger partial charge is 0.345 e. The van der Waals surface area contributed by atoms with Gasteiger partial charge in [0, 0.05) is 36.0 Å². The summed E-state index contributed by atoms with van der Waals surface area (Å²) in [5.41, 5.74) is 2.28. The number of nitrogens with one attached hydrogen (secondary N) is 1. The van der Waals surface area contributed by atoms with Crippen molar-refractivity contribution in [1.82, 2.24) is 9.97 Å². The molecule has 4 nitrogen and oxygen atoms in total. The van der Waals surface area contributed by atoms with Crippen molar-refractivity contribution in [2.45, 2.75) is 13.3 Å². The number of fused-ring (bicyclic) bond motifs is 1. The molecule has 0 aliphatic heterocycles. The van der Waals surface area contributed by atoms with E-state index in [1.54, 1.807) is 19.3 Å². The Hall–Kier alpha value is -1.88. The fourth-order valence-corrected chi connectivity index (χ4v) is 2.26. The Morgan fingerprint density at radius 2 is 2.37 bits per heavy atom. The van der Waals surface area contributed by atoms with Gasteiger partial charge in [-0.3, -0.25) is 9.59 Å². The van der Waals surface area contributed by atoms with E-state index in [2.05, 4.69) is 9.97 Å². The number of aldehydes is 1. The van der Waals surface area contributed by atoms with Gasteiger partial charge < -0.3 is 4.98 Å². The van der Waals surface area contributed by atoms with Crippen LogP contribution in [0, 0.1) is 0 Å². The molecule has 0 atom stereocenters. The lowest BCUT2D eigenvalue weighted by Crippen LogP contribution is -1.84. The number of aromatic nitrogens is 2. The van der Waals surface area contributed by atoms with E-state index < -0.39 is 0 Å². The van der Waals surface area contributed by atoms with Crippen LogP contribution in [0.15, 0.2) is 24.5 Å². The summed E-state index contributed by atoms with van der Waals surface area (Å²) < 4.78 is 0. The molecule has 0 aliphatic rings. The molecule has 0 saturated heterocycles. The van der Waals surface area contributed by atoms with Gasteiger partial charge >= 0.3 is 0 Å². The third kappa shape index (κ3) is 3.54. The van der Waals surface area contributed by atoms with Crippen LogP contribution in [0.3, 0.4) is 0 Å². The molecule has 0 fully saturated rings. The van der Waals surface area contributed by atoms with Gasteiger partial charge in [-0.2, -0.15) is 0 Å². The van der Waals surface area contributed by atoms with Gasteiger partial charge in [-0.15, -0.1) is 0 Å². The van der Waals surface area contributed by atoms with Crippen LogP contribution in [0.25, 0.3) is 17.1 Å². The van der Waals surface area contributed by atoms with Crippen LogP contribution in [0.1, 0.15) is 29.3 Å². The van der Waals surface area contributed by atoms with Gasteiger partial charge in [0.1, 0.15) is 5.65 Å². The highest BCUT2D eigenvalue weighted by molar-refractivity contribution is 8.13. The highest BCUT2D eigenvalue weighted by atomic mass is 32.2. The molecule has 2 aromatic heterocycles. The molecule has 0 unspecified atom stereocenters. The number of thioether (sulfide) groups is 1. The first-order valence-corrected chi connectivity index (χ1v) is 6.91. The molecular weight excluding hydrogens is 260 g/mol. The summed E-state index contributed by atoms with van der Waals surface area (Å²) in [6, 6.07) is 1.93. The first kappa shape index (κ1) is 13.5. The van der Waals surface area contributed by atoms with Gasteiger partial charge in [0.05, 0.1) is 0 Å². The second-order valence-corrected chi connectivity index (χ2v) is 5.33. The van der Waals surface area contributed by atoms with Crippen LogP contribution >= 0.6 is 11.8 Å². The zero-order valence-electron chi connectivity index (χ0n) is 10.6. The van der Waals surface area contributed by atoms with Gasteiger partial charge in [-0.25, -0.2) is 4.98 Å². The standard InChI is InChI=1S/C14H14N2O2S/c1-10(18)19-5-3-2-4-11-6-13-12(9-17)8-16-14(13)15-7-11/h2,4,6-9H,3,5H2,1H3,(H,15,16). The van der Waals surface area contributed by atoms with Crippen molar-refractivity contribution in [3.63, 3.8) is 0 Å². The molecule has 1 N–H and O–H groups in total. The molecule has 2 aromatic rings. The van der Waals surface area contributed by atoms with E-state index in [4.69, 9.17) is 0 Å². The number of pyridine rings is 1. The maximum atomic E-state index is 10.9. The van der Waals surface area contributed by atoms with Crippen LogP contribution in [-0.4, -0.2) is 27.1 Å². The number of allylic oxidation sites excluding steroid dienone is 1. The lowest BCUT2D eigenvalue weighted by molar-refractivity contribution is -0.109. The molecule has 0 amide bonds. The van der Waals surface area contributed by atoms with Crippen LogP contribution in [0.5, 0.6) is 0 Å². The normalized spacial score (nSPS) is 11.2. The third-order valence-electron chi connectivity index (χ3n) is 2.61. The number of H-pyrrole nitrogens is 1. The van der Waals surface area contributed by atoms with Crippen LogP contribution in [-0.2, 0) is 4.79 Å². The topological polar surface area (TPSA) is 62.8 Å². The molecule has 2 heterocycles. The summed E-state index contributed by atoms with van der Waals surface area (Å²) in [7, 11) is 0. The number of aromatic amines is 1. The van der Waals surface area contributed by atoms with E-state index >= 15 is 0 Å². The van der Waals surface area contributed by atoms with Crippen LogP contribution in [0.2, 0.25) is 0 Å². The Morgan fingerprint density at radius 1 is 1.53 bits per heavy atom. The van der Waals surface area contributed by atoms with Crippen molar-refractivity contribution >= 4 is 40.3 Å². The first-order valence-electron chi connectivity index (χ1n) is 5.93. The zero-order chi connectivity index (χ0) is 13.7. The predicted octanol–water partition coefficient (Wildman–Crippen LogP) is 3.06. The average molecular weight is 274 g/mol. The van der Waals surface area contributed by atoms with Crippen molar-refractivity contribution in [2.75, 3.05) is 5.75 Å². The molecule has 19 heavy (non-hydrogen) atoms. The van der Waals surface area contributed by atoms with Gasteiger partial charge in [-0.05, 0) is 18.1 Å².